The lowest BCUT2D eigenvalue weighted by atomic mass is 10.3. The molecule has 0 atom stereocenters. The number of hydrogen-bond donors (Lipinski definition) is 1. The molecule has 1 aliphatic heterocycles. The molecule has 0 radical (unpaired) electrons. The zero-order valence-electron chi connectivity index (χ0n) is 9.87. The molecular formula is C11H11N3O4S. The Morgan fingerprint density at radius 1 is 1.53 bits per heavy atom. The number of para-hydroxylation sites is 2. The normalized spacial score (nSPS) is 13.8. The van der Waals surface area contributed by atoms with Gasteiger partial charge in [0.2, 0.25) is 0 Å². The van der Waals surface area contributed by atoms with Crippen molar-refractivity contribution in [2.45, 2.75) is 0 Å². The third-order valence-electron chi connectivity index (χ3n) is 2.25. The Morgan fingerprint density at radius 3 is 3.00 bits per heavy atom. The Kier molecular flexibility index (Phi) is 4.35. The molecule has 1 N–H and O–H groups in total. The van der Waals surface area contributed by atoms with Crippen LogP contribution < -0.4 is 10.1 Å². The van der Waals surface area contributed by atoms with Crippen LogP contribution in [-0.4, -0.2) is 34.9 Å². The third kappa shape index (κ3) is 3.68. The van der Waals surface area contributed by atoms with Gasteiger partial charge in [0.1, 0.15) is 0 Å². The van der Waals surface area contributed by atoms with Crippen molar-refractivity contribution >= 4 is 28.5 Å². The van der Waals surface area contributed by atoms with E-state index in [2.05, 4.69) is 10.3 Å². The van der Waals surface area contributed by atoms with Crippen LogP contribution in [-0.2, 0) is 4.79 Å². The smallest absolute Gasteiger partial charge is 0.310 e. The maximum absolute atomic E-state index is 11.6. The highest BCUT2D eigenvalue weighted by molar-refractivity contribution is 8.14. The molecule has 0 fully saturated rings. The number of benzene rings is 1. The quantitative estimate of drug-likeness (QED) is 0.661. The monoisotopic (exact) mass is 281 g/mol. The Labute approximate surface area is 113 Å². The summed E-state index contributed by atoms with van der Waals surface area (Å²) in [4.78, 5) is 25.8. The van der Waals surface area contributed by atoms with Crippen LogP contribution in [0.15, 0.2) is 29.3 Å². The molecule has 0 aromatic heterocycles. The Morgan fingerprint density at radius 2 is 2.32 bits per heavy atom. The highest BCUT2D eigenvalue weighted by Crippen LogP contribution is 2.25. The number of carbonyl (C=O) groups excluding carboxylic acids is 1. The van der Waals surface area contributed by atoms with E-state index in [0.29, 0.717) is 11.7 Å². The number of rotatable bonds is 4. The summed E-state index contributed by atoms with van der Waals surface area (Å²) in [5.41, 5.74) is -0.164. The van der Waals surface area contributed by atoms with E-state index in [4.69, 9.17) is 4.74 Å². The molecule has 1 aliphatic rings. The van der Waals surface area contributed by atoms with Gasteiger partial charge in [0.25, 0.3) is 5.91 Å². The van der Waals surface area contributed by atoms with Gasteiger partial charge in [-0.05, 0) is 6.07 Å². The lowest BCUT2D eigenvalue weighted by Gasteiger charge is -2.06. The number of nitrogens with zero attached hydrogens (tertiary/aromatic N) is 2. The fraction of sp³-hybridized carbons (Fsp3) is 0.273. The maximum Gasteiger partial charge on any atom is 0.310 e. The Bertz CT molecular complexity index is 532. The standard InChI is InChI=1S/C11H11N3O4S/c15-10(13-11-12-5-6-19-11)7-18-9-4-2-1-3-8(9)14(16)17/h1-4H,5-7H2,(H,12,13,15). The zero-order valence-corrected chi connectivity index (χ0v) is 10.7. The largest absolute Gasteiger partial charge is 0.477 e. The molecule has 8 heteroatoms. The summed E-state index contributed by atoms with van der Waals surface area (Å²) in [7, 11) is 0. The summed E-state index contributed by atoms with van der Waals surface area (Å²) in [5.74, 6) is 0.538. The molecule has 1 aromatic carbocycles. The number of nitrogens with one attached hydrogen (secondary N) is 1. The number of amidine groups is 1. The first-order valence-electron chi connectivity index (χ1n) is 5.50. The van der Waals surface area contributed by atoms with Crippen LogP contribution in [0.2, 0.25) is 0 Å². The number of hydrogen-bond acceptors (Lipinski definition) is 6. The Balaban J connectivity index is 1.91. The van der Waals surface area contributed by atoms with Crippen LogP contribution in [0.1, 0.15) is 0 Å². The van der Waals surface area contributed by atoms with Gasteiger partial charge in [-0.2, -0.15) is 0 Å². The van der Waals surface area contributed by atoms with Crippen molar-refractivity contribution in [2.75, 3.05) is 18.9 Å². The van der Waals surface area contributed by atoms with Crippen LogP contribution in [0.3, 0.4) is 0 Å². The molecule has 0 saturated carbocycles. The first kappa shape index (κ1) is 13.3. The highest BCUT2D eigenvalue weighted by atomic mass is 32.2. The van der Waals surface area contributed by atoms with Crippen molar-refractivity contribution in [1.29, 1.82) is 0 Å². The summed E-state index contributed by atoms with van der Waals surface area (Å²) in [6, 6.07) is 5.92. The molecule has 0 saturated heterocycles. The van der Waals surface area contributed by atoms with Gasteiger partial charge in [0, 0.05) is 11.8 Å². The van der Waals surface area contributed by atoms with Crippen LogP contribution in [0.25, 0.3) is 0 Å². The molecule has 100 valence electrons. The van der Waals surface area contributed by atoms with E-state index in [1.807, 2.05) is 0 Å². The second-order valence-corrected chi connectivity index (χ2v) is 4.68. The van der Waals surface area contributed by atoms with E-state index in [-0.39, 0.29) is 24.0 Å². The summed E-state index contributed by atoms with van der Waals surface area (Å²) in [6.07, 6.45) is 0. The van der Waals surface area contributed by atoms with E-state index in [1.54, 1.807) is 6.07 Å². The first-order chi connectivity index (χ1) is 9.16. The van der Waals surface area contributed by atoms with Gasteiger partial charge in [-0.3, -0.25) is 19.9 Å². The van der Waals surface area contributed by atoms with Gasteiger partial charge >= 0.3 is 5.69 Å². The first-order valence-corrected chi connectivity index (χ1v) is 6.48. The SMILES string of the molecule is O=C(COc1ccccc1[N+](=O)[O-])NC1=NCCS1. The molecule has 7 nitrogen and oxygen atoms in total. The fourth-order valence-electron chi connectivity index (χ4n) is 1.44. The van der Waals surface area contributed by atoms with Crippen molar-refractivity contribution in [1.82, 2.24) is 5.32 Å². The molecule has 0 unspecified atom stereocenters. The average molecular weight is 281 g/mol. The summed E-state index contributed by atoms with van der Waals surface area (Å²) in [6.45, 7) is 0.399. The van der Waals surface area contributed by atoms with Gasteiger partial charge in [0.05, 0.1) is 11.5 Å². The van der Waals surface area contributed by atoms with Crippen LogP contribution in [0.4, 0.5) is 5.69 Å². The predicted molar refractivity (Wildman–Crippen MR) is 71.5 cm³/mol. The molecule has 19 heavy (non-hydrogen) atoms. The van der Waals surface area contributed by atoms with Gasteiger partial charge in [-0.1, -0.05) is 23.9 Å². The minimum absolute atomic E-state index is 0.0728. The molecule has 1 aromatic rings. The molecule has 0 bridgehead atoms. The lowest BCUT2D eigenvalue weighted by molar-refractivity contribution is -0.385. The average Bonchev–Trinajstić information content (AvgIpc) is 2.89. The van der Waals surface area contributed by atoms with E-state index in [0.717, 1.165) is 5.75 Å². The number of nitro groups is 1. The summed E-state index contributed by atoms with van der Waals surface area (Å²) in [5, 5.41) is 13.9. The molecule has 1 amide bonds. The van der Waals surface area contributed by atoms with Crippen molar-refractivity contribution in [3.8, 4) is 5.75 Å². The van der Waals surface area contributed by atoms with Crippen molar-refractivity contribution in [2.24, 2.45) is 4.99 Å². The fourth-order valence-corrected chi connectivity index (χ4v) is 2.18. The highest BCUT2D eigenvalue weighted by Gasteiger charge is 2.16. The number of amides is 1. The minimum Gasteiger partial charge on any atom is -0.477 e. The van der Waals surface area contributed by atoms with E-state index < -0.39 is 4.92 Å². The number of aliphatic imine (C=N–C) groups is 1. The Hall–Kier alpha value is -2.09. The zero-order chi connectivity index (χ0) is 13.7. The number of ether oxygens (including phenoxy) is 1. The second-order valence-electron chi connectivity index (χ2n) is 3.60. The summed E-state index contributed by atoms with van der Waals surface area (Å²) < 4.78 is 5.15. The van der Waals surface area contributed by atoms with Crippen LogP contribution >= 0.6 is 11.8 Å². The van der Waals surface area contributed by atoms with Crippen molar-refractivity contribution in [3.63, 3.8) is 0 Å². The number of thioether (sulfide) groups is 1. The second kappa shape index (κ2) is 6.19. The van der Waals surface area contributed by atoms with Gasteiger partial charge < -0.3 is 10.1 Å². The van der Waals surface area contributed by atoms with Gasteiger partial charge in [-0.15, -0.1) is 0 Å². The molecule has 1 heterocycles. The van der Waals surface area contributed by atoms with Crippen molar-refractivity contribution < 1.29 is 14.5 Å². The molecule has 2 rings (SSSR count). The number of carbonyl (C=O) groups is 1. The van der Waals surface area contributed by atoms with E-state index in [1.165, 1.54) is 30.0 Å². The van der Waals surface area contributed by atoms with Crippen LogP contribution in [0, 0.1) is 10.1 Å². The number of nitro benzene ring substituents is 1. The third-order valence-corrected chi connectivity index (χ3v) is 3.14. The molecule has 0 aliphatic carbocycles. The lowest BCUT2D eigenvalue weighted by Crippen LogP contribution is -2.32. The minimum atomic E-state index is -0.551. The van der Waals surface area contributed by atoms with Crippen LogP contribution in [0.5, 0.6) is 5.75 Å². The van der Waals surface area contributed by atoms with Gasteiger partial charge in [0.15, 0.2) is 17.5 Å². The topological polar surface area (TPSA) is 93.8 Å². The molecule has 0 spiro atoms. The summed E-state index contributed by atoms with van der Waals surface area (Å²) >= 11 is 1.45. The maximum atomic E-state index is 11.6. The van der Waals surface area contributed by atoms with Gasteiger partial charge in [-0.25, -0.2) is 0 Å². The molecular weight excluding hydrogens is 270 g/mol. The van der Waals surface area contributed by atoms with E-state index in [9.17, 15) is 14.9 Å². The van der Waals surface area contributed by atoms with E-state index >= 15 is 0 Å². The van der Waals surface area contributed by atoms with Crippen molar-refractivity contribution in [3.05, 3.63) is 34.4 Å². The predicted octanol–water partition coefficient (Wildman–Crippen LogP) is 1.19.